The van der Waals surface area contributed by atoms with Gasteiger partial charge in [0.1, 0.15) is 0 Å². The first-order chi connectivity index (χ1) is 13.5. The molecule has 8 heteroatoms. The molecule has 3 amide bonds. The van der Waals surface area contributed by atoms with Crippen LogP contribution in [0.4, 0.5) is 5.69 Å². The molecule has 0 aliphatic rings. The molecule has 0 heterocycles. The lowest BCUT2D eigenvalue weighted by atomic mass is 10.0. The molecule has 8 nitrogen and oxygen atoms in total. The molecule has 4 N–H and O–H groups in total. The number of hydrogen-bond donors (Lipinski definition) is 4. The maximum Gasteiger partial charge on any atom is 0.329 e. The summed E-state index contributed by atoms with van der Waals surface area (Å²) in [5, 5.41) is 17.4. The molecule has 2 rings (SSSR count). The van der Waals surface area contributed by atoms with E-state index in [9.17, 15) is 14.4 Å². The second-order valence-corrected chi connectivity index (χ2v) is 5.90. The maximum atomic E-state index is 12.3. The quantitative estimate of drug-likeness (QED) is 0.328. The van der Waals surface area contributed by atoms with Crippen molar-refractivity contribution in [3.05, 3.63) is 54.6 Å². The predicted molar refractivity (Wildman–Crippen MR) is 106 cm³/mol. The van der Waals surface area contributed by atoms with Gasteiger partial charge in [0, 0.05) is 23.5 Å². The number of carbonyl (C=O) groups excluding carboxylic acids is 3. The minimum Gasteiger partial charge on any atom is -0.395 e. The van der Waals surface area contributed by atoms with Crippen LogP contribution in [-0.4, -0.2) is 41.7 Å². The summed E-state index contributed by atoms with van der Waals surface area (Å²) in [6, 6.07) is 17.1. The van der Waals surface area contributed by atoms with Crippen molar-refractivity contribution in [1.82, 2.24) is 10.7 Å². The van der Waals surface area contributed by atoms with Gasteiger partial charge >= 0.3 is 11.8 Å². The van der Waals surface area contributed by atoms with E-state index in [0.717, 1.165) is 11.1 Å². The summed E-state index contributed by atoms with van der Waals surface area (Å²) >= 11 is 0. The van der Waals surface area contributed by atoms with E-state index >= 15 is 0 Å². The Morgan fingerprint density at radius 3 is 2.36 bits per heavy atom. The van der Waals surface area contributed by atoms with Gasteiger partial charge in [-0.25, -0.2) is 5.43 Å². The number of rotatable bonds is 7. The molecule has 0 aliphatic carbocycles. The molecule has 146 valence electrons. The minimum absolute atomic E-state index is 0.0296. The van der Waals surface area contributed by atoms with E-state index < -0.39 is 11.8 Å². The Kier molecular flexibility index (Phi) is 7.86. The van der Waals surface area contributed by atoms with Crippen LogP contribution in [0, 0.1) is 0 Å². The first-order valence-electron chi connectivity index (χ1n) is 8.67. The first-order valence-corrected chi connectivity index (χ1v) is 8.67. The number of aliphatic hydroxyl groups excluding tert-OH is 1. The number of carbonyl (C=O) groups is 3. The van der Waals surface area contributed by atoms with Gasteiger partial charge in [-0.2, -0.15) is 5.10 Å². The van der Waals surface area contributed by atoms with E-state index in [1.54, 1.807) is 13.0 Å². The second-order valence-electron chi connectivity index (χ2n) is 5.90. The fraction of sp³-hybridized carbons (Fsp3) is 0.200. The third-order valence-electron chi connectivity index (χ3n) is 3.65. The largest absolute Gasteiger partial charge is 0.395 e. The Bertz CT molecular complexity index is 866. The van der Waals surface area contributed by atoms with Gasteiger partial charge in [0.2, 0.25) is 5.91 Å². The molecule has 0 fully saturated rings. The molecule has 0 radical (unpaired) electrons. The highest BCUT2D eigenvalue weighted by atomic mass is 16.3. The summed E-state index contributed by atoms with van der Waals surface area (Å²) in [7, 11) is 0. The molecule has 0 aliphatic heterocycles. The number of aliphatic hydroxyl groups is 1. The summed E-state index contributed by atoms with van der Waals surface area (Å²) in [5.74, 6) is -2.18. The molecule has 0 atom stereocenters. The van der Waals surface area contributed by atoms with Crippen molar-refractivity contribution in [3.63, 3.8) is 0 Å². The monoisotopic (exact) mass is 382 g/mol. The molecule has 0 spiro atoms. The summed E-state index contributed by atoms with van der Waals surface area (Å²) in [4.78, 5) is 35.2. The fourth-order valence-electron chi connectivity index (χ4n) is 2.37. The fourth-order valence-corrected chi connectivity index (χ4v) is 2.37. The minimum atomic E-state index is -0.970. The Balaban J connectivity index is 1.95. The standard InChI is InChI=1S/C20H22N4O4/c1-14(23-24-20(28)19(27)21-11-12-25)13-18(26)22-17-10-6-5-9-16(17)15-7-3-2-4-8-15/h2-10,25H,11-13H2,1H3,(H,21,27)(H,22,26)(H,24,28)/b23-14+. The van der Waals surface area contributed by atoms with Crippen molar-refractivity contribution >= 4 is 29.1 Å². The molecule has 2 aromatic rings. The Labute approximate surface area is 162 Å². The van der Waals surface area contributed by atoms with Crippen LogP contribution in [0.3, 0.4) is 0 Å². The highest BCUT2D eigenvalue weighted by molar-refractivity contribution is 6.35. The smallest absolute Gasteiger partial charge is 0.329 e. The number of hydrogen-bond acceptors (Lipinski definition) is 5. The van der Waals surface area contributed by atoms with E-state index in [0.29, 0.717) is 11.4 Å². The van der Waals surface area contributed by atoms with Gasteiger partial charge in [0.25, 0.3) is 0 Å². The molecular formula is C20H22N4O4. The highest BCUT2D eigenvalue weighted by Gasteiger charge is 2.13. The number of anilines is 1. The summed E-state index contributed by atoms with van der Waals surface area (Å²) < 4.78 is 0. The summed E-state index contributed by atoms with van der Waals surface area (Å²) in [5.41, 5.74) is 4.94. The van der Waals surface area contributed by atoms with Crippen molar-refractivity contribution < 1.29 is 19.5 Å². The number of nitrogens with one attached hydrogen (secondary N) is 3. The molecule has 0 bridgehead atoms. The van der Waals surface area contributed by atoms with Crippen molar-refractivity contribution in [2.24, 2.45) is 5.10 Å². The van der Waals surface area contributed by atoms with Crippen molar-refractivity contribution in [2.75, 3.05) is 18.5 Å². The molecule has 2 aromatic carbocycles. The van der Waals surface area contributed by atoms with E-state index in [4.69, 9.17) is 5.11 Å². The average Bonchev–Trinajstić information content (AvgIpc) is 2.71. The van der Waals surface area contributed by atoms with Gasteiger partial charge in [-0.15, -0.1) is 0 Å². The lowest BCUT2D eigenvalue weighted by Gasteiger charge is -2.11. The Morgan fingerprint density at radius 2 is 1.64 bits per heavy atom. The van der Waals surface area contributed by atoms with Gasteiger partial charge in [-0.1, -0.05) is 48.5 Å². The van der Waals surface area contributed by atoms with Crippen LogP contribution >= 0.6 is 0 Å². The number of hydrazone groups is 1. The van der Waals surface area contributed by atoms with E-state index in [2.05, 4.69) is 21.2 Å². The summed E-state index contributed by atoms with van der Waals surface area (Å²) in [6.45, 7) is 1.26. The SMILES string of the molecule is C/C(CC(=O)Nc1ccccc1-c1ccccc1)=N\NC(=O)C(=O)NCCO. The van der Waals surface area contributed by atoms with Gasteiger partial charge in [-0.3, -0.25) is 14.4 Å². The molecule has 0 unspecified atom stereocenters. The van der Waals surface area contributed by atoms with Crippen molar-refractivity contribution in [1.29, 1.82) is 0 Å². The van der Waals surface area contributed by atoms with E-state index in [-0.39, 0.29) is 25.5 Å². The molecule has 0 saturated heterocycles. The normalized spacial score (nSPS) is 10.9. The highest BCUT2D eigenvalue weighted by Crippen LogP contribution is 2.27. The maximum absolute atomic E-state index is 12.3. The second kappa shape index (κ2) is 10.6. The third-order valence-corrected chi connectivity index (χ3v) is 3.65. The number of amides is 3. The summed E-state index contributed by atoms with van der Waals surface area (Å²) in [6.07, 6.45) is -0.0539. The van der Waals surface area contributed by atoms with Crippen LogP contribution in [0.25, 0.3) is 11.1 Å². The molecule has 0 saturated carbocycles. The van der Waals surface area contributed by atoms with E-state index in [1.807, 2.05) is 48.5 Å². The van der Waals surface area contributed by atoms with Gasteiger partial charge < -0.3 is 15.7 Å². The van der Waals surface area contributed by atoms with Crippen molar-refractivity contribution in [2.45, 2.75) is 13.3 Å². The zero-order chi connectivity index (χ0) is 20.4. The Hall–Kier alpha value is -3.52. The van der Waals surface area contributed by atoms with Crippen LogP contribution < -0.4 is 16.1 Å². The van der Waals surface area contributed by atoms with Crippen LogP contribution in [0.1, 0.15) is 13.3 Å². The van der Waals surface area contributed by atoms with E-state index in [1.165, 1.54) is 0 Å². The zero-order valence-electron chi connectivity index (χ0n) is 15.4. The molecule has 28 heavy (non-hydrogen) atoms. The molecule has 0 aromatic heterocycles. The Morgan fingerprint density at radius 1 is 0.964 bits per heavy atom. The molecular weight excluding hydrogens is 360 g/mol. The third kappa shape index (κ3) is 6.33. The number of nitrogens with zero attached hydrogens (tertiary/aromatic N) is 1. The predicted octanol–water partition coefficient (Wildman–Crippen LogP) is 1.28. The van der Waals surface area contributed by atoms with Crippen LogP contribution in [0.15, 0.2) is 59.7 Å². The topological polar surface area (TPSA) is 120 Å². The van der Waals surface area contributed by atoms with Crippen LogP contribution in [0.5, 0.6) is 0 Å². The number of para-hydroxylation sites is 1. The average molecular weight is 382 g/mol. The van der Waals surface area contributed by atoms with Crippen LogP contribution in [0.2, 0.25) is 0 Å². The van der Waals surface area contributed by atoms with Gasteiger partial charge in [0.05, 0.1) is 13.0 Å². The van der Waals surface area contributed by atoms with Gasteiger partial charge in [-0.05, 0) is 18.6 Å². The zero-order valence-corrected chi connectivity index (χ0v) is 15.4. The lowest BCUT2D eigenvalue weighted by molar-refractivity contribution is -0.139. The van der Waals surface area contributed by atoms with Crippen molar-refractivity contribution in [3.8, 4) is 11.1 Å². The number of benzene rings is 2. The van der Waals surface area contributed by atoms with Crippen LogP contribution in [-0.2, 0) is 14.4 Å². The first kappa shape index (κ1) is 20.8. The lowest BCUT2D eigenvalue weighted by Crippen LogP contribution is -2.39. The van der Waals surface area contributed by atoms with Gasteiger partial charge in [0.15, 0.2) is 0 Å².